The third kappa shape index (κ3) is 2.03. The Morgan fingerprint density at radius 2 is 1.94 bits per heavy atom. The molecule has 82 valence electrons. The summed E-state index contributed by atoms with van der Waals surface area (Å²) < 4.78 is 0.581. The van der Waals surface area contributed by atoms with Crippen molar-refractivity contribution in [3.8, 4) is 0 Å². The molecule has 0 bridgehead atoms. The number of hydrogen-bond donors (Lipinski definition) is 2. The quantitative estimate of drug-likeness (QED) is 0.638. The van der Waals surface area contributed by atoms with Gasteiger partial charge in [-0.3, -0.25) is 4.79 Å². The highest BCUT2D eigenvalue weighted by Crippen LogP contribution is 2.26. The maximum Gasteiger partial charge on any atom is 0.205 e. The van der Waals surface area contributed by atoms with Gasteiger partial charge in [-0.2, -0.15) is 0 Å². The first kappa shape index (κ1) is 11.0. The molecule has 0 fully saturated rings. The van der Waals surface area contributed by atoms with Crippen molar-refractivity contribution in [2.24, 2.45) is 0 Å². The van der Waals surface area contributed by atoms with E-state index in [1.165, 1.54) is 11.3 Å². The van der Waals surface area contributed by atoms with Crippen LogP contribution in [0.5, 0.6) is 0 Å². The third-order valence-electron chi connectivity index (χ3n) is 2.12. The highest BCUT2D eigenvalue weighted by Gasteiger charge is 2.14. The monoisotopic (exact) mass is 252 g/mol. The van der Waals surface area contributed by atoms with Crippen LogP contribution in [-0.4, -0.2) is 5.78 Å². The van der Waals surface area contributed by atoms with Crippen LogP contribution in [0.1, 0.15) is 15.2 Å². The molecule has 0 radical (unpaired) electrons. The van der Waals surface area contributed by atoms with Crippen LogP contribution in [0.2, 0.25) is 4.34 Å². The van der Waals surface area contributed by atoms with Gasteiger partial charge >= 0.3 is 0 Å². The second-order valence-electron chi connectivity index (χ2n) is 3.28. The SMILES string of the molecule is Nc1ccc(C(=O)c2ccc(Cl)s2)c(N)c1. The molecule has 0 spiro atoms. The fraction of sp³-hybridized carbons (Fsp3) is 0. The average Bonchev–Trinajstić information content (AvgIpc) is 2.64. The van der Waals surface area contributed by atoms with Crippen LogP contribution in [0.3, 0.4) is 0 Å². The lowest BCUT2D eigenvalue weighted by molar-refractivity contribution is 0.104. The van der Waals surface area contributed by atoms with Crippen molar-refractivity contribution in [3.05, 3.63) is 45.1 Å². The molecule has 1 heterocycles. The number of halogens is 1. The van der Waals surface area contributed by atoms with E-state index in [4.69, 9.17) is 23.1 Å². The molecule has 16 heavy (non-hydrogen) atoms. The summed E-state index contributed by atoms with van der Waals surface area (Å²) in [5.41, 5.74) is 12.7. The number of nitrogen functional groups attached to an aromatic ring is 2. The van der Waals surface area contributed by atoms with Gasteiger partial charge in [0.25, 0.3) is 0 Å². The molecule has 0 aliphatic carbocycles. The molecule has 1 aromatic carbocycles. The van der Waals surface area contributed by atoms with E-state index >= 15 is 0 Å². The van der Waals surface area contributed by atoms with Crippen LogP contribution < -0.4 is 11.5 Å². The summed E-state index contributed by atoms with van der Waals surface area (Å²) >= 11 is 7.00. The molecule has 4 N–H and O–H groups in total. The van der Waals surface area contributed by atoms with E-state index in [9.17, 15) is 4.79 Å². The molecule has 0 atom stereocenters. The van der Waals surface area contributed by atoms with Crippen LogP contribution in [0.15, 0.2) is 30.3 Å². The maximum atomic E-state index is 12.0. The predicted octanol–water partition coefficient (Wildman–Crippen LogP) is 2.80. The molecule has 2 rings (SSSR count). The van der Waals surface area contributed by atoms with Gasteiger partial charge < -0.3 is 11.5 Å². The summed E-state index contributed by atoms with van der Waals surface area (Å²) in [7, 11) is 0. The van der Waals surface area contributed by atoms with Crippen LogP contribution in [0.25, 0.3) is 0 Å². The van der Waals surface area contributed by atoms with Crippen molar-refractivity contribution in [3.63, 3.8) is 0 Å². The van der Waals surface area contributed by atoms with Gasteiger partial charge in [-0.25, -0.2) is 0 Å². The van der Waals surface area contributed by atoms with Crippen molar-refractivity contribution < 1.29 is 4.79 Å². The van der Waals surface area contributed by atoms with E-state index < -0.39 is 0 Å². The van der Waals surface area contributed by atoms with Gasteiger partial charge in [0.15, 0.2) is 0 Å². The lowest BCUT2D eigenvalue weighted by Crippen LogP contribution is -2.04. The number of rotatable bonds is 2. The van der Waals surface area contributed by atoms with Crippen LogP contribution >= 0.6 is 22.9 Å². The molecule has 0 saturated carbocycles. The Balaban J connectivity index is 2.41. The average molecular weight is 253 g/mol. The Morgan fingerprint density at radius 1 is 1.19 bits per heavy atom. The lowest BCUT2D eigenvalue weighted by atomic mass is 10.1. The number of thiophene rings is 1. The Bertz CT molecular complexity index is 551. The zero-order valence-corrected chi connectivity index (χ0v) is 9.81. The van der Waals surface area contributed by atoms with Crippen molar-refractivity contribution in [1.29, 1.82) is 0 Å². The Kier molecular flexibility index (Phi) is 2.85. The molecular formula is C11H9ClN2OS. The molecule has 0 aliphatic heterocycles. The van der Waals surface area contributed by atoms with Crippen molar-refractivity contribution in [2.75, 3.05) is 11.5 Å². The highest BCUT2D eigenvalue weighted by molar-refractivity contribution is 7.18. The Labute approximate surface area is 102 Å². The molecule has 0 aliphatic rings. The van der Waals surface area contributed by atoms with Gasteiger partial charge in [0, 0.05) is 16.9 Å². The highest BCUT2D eigenvalue weighted by atomic mass is 35.5. The number of anilines is 2. The van der Waals surface area contributed by atoms with Gasteiger partial charge in [-0.15, -0.1) is 11.3 Å². The molecule has 3 nitrogen and oxygen atoms in total. The fourth-order valence-corrected chi connectivity index (χ4v) is 2.35. The van der Waals surface area contributed by atoms with E-state index in [-0.39, 0.29) is 5.78 Å². The second kappa shape index (κ2) is 4.15. The summed E-state index contributed by atoms with van der Waals surface area (Å²) in [6.45, 7) is 0. The summed E-state index contributed by atoms with van der Waals surface area (Å²) in [6.07, 6.45) is 0. The third-order valence-corrected chi connectivity index (χ3v) is 3.35. The zero-order valence-electron chi connectivity index (χ0n) is 8.24. The minimum Gasteiger partial charge on any atom is -0.399 e. The fourth-order valence-electron chi connectivity index (χ4n) is 1.36. The smallest absolute Gasteiger partial charge is 0.205 e. The van der Waals surface area contributed by atoms with Gasteiger partial charge in [0.1, 0.15) is 0 Å². The summed E-state index contributed by atoms with van der Waals surface area (Å²) in [5, 5.41) is 0. The number of carbonyl (C=O) groups excluding carboxylic acids is 1. The molecular weight excluding hydrogens is 244 g/mol. The molecule has 2 aromatic rings. The zero-order chi connectivity index (χ0) is 11.7. The van der Waals surface area contributed by atoms with Crippen LogP contribution in [-0.2, 0) is 0 Å². The standard InChI is InChI=1S/C11H9ClN2OS/c12-10-4-3-9(16-10)11(15)7-2-1-6(13)5-8(7)14/h1-5H,13-14H2. The molecule has 0 unspecified atom stereocenters. The largest absolute Gasteiger partial charge is 0.399 e. The Hall–Kier alpha value is -1.52. The number of carbonyl (C=O) groups is 1. The maximum absolute atomic E-state index is 12.0. The van der Waals surface area contributed by atoms with Crippen molar-refractivity contribution in [2.45, 2.75) is 0 Å². The second-order valence-corrected chi connectivity index (χ2v) is 4.99. The number of hydrogen-bond acceptors (Lipinski definition) is 4. The van der Waals surface area contributed by atoms with Crippen LogP contribution in [0.4, 0.5) is 11.4 Å². The van der Waals surface area contributed by atoms with E-state index in [0.717, 1.165) is 0 Å². The summed E-state index contributed by atoms with van der Waals surface area (Å²) in [6, 6.07) is 8.22. The van der Waals surface area contributed by atoms with E-state index in [2.05, 4.69) is 0 Å². The first-order valence-electron chi connectivity index (χ1n) is 4.53. The Morgan fingerprint density at radius 3 is 2.50 bits per heavy atom. The van der Waals surface area contributed by atoms with Gasteiger partial charge in [0.2, 0.25) is 5.78 Å². The minimum atomic E-state index is -0.130. The van der Waals surface area contributed by atoms with E-state index in [1.807, 2.05) is 0 Å². The topological polar surface area (TPSA) is 69.1 Å². The first-order valence-corrected chi connectivity index (χ1v) is 5.72. The molecule has 0 saturated heterocycles. The lowest BCUT2D eigenvalue weighted by Gasteiger charge is -2.03. The molecule has 5 heteroatoms. The van der Waals surface area contributed by atoms with Crippen molar-refractivity contribution >= 4 is 40.1 Å². The van der Waals surface area contributed by atoms with Gasteiger partial charge in [-0.05, 0) is 30.3 Å². The predicted molar refractivity (Wildman–Crippen MR) is 68.0 cm³/mol. The van der Waals surface area contributed by atoms with Gasteiger partial charge in [-0.1, -0.05) is 11.6 Å². The number of ketones is 1. The number of benzene rings is 1. The first-order chi connectivity index (χ1) is 7.58. The normalized spacial score (nSPS) is 10.3. The van der Waals surface area contributed by atoms with E-state index in [0.29, 0.717) is 26.2 Å². The van der Waals surface area contributed by atoms with Crippen molar-refractivity contribution in [1.82, 2.24) is 0 Å². The van der Waals surface area contributed by atoms with Gasteiger partial charge in [0.05, 0.1) is 9.21 Å². The molecule has 0 amide bonds. The number of nitrogens with two attached hydrogens (primary N) is 2. The summed E-state index contributed by atoms with van der Waals surface area (Å²) in [5.74, 6) is -0.130. The minimum absolute atomic E-state index is 0.130. The van der Waals surface area contributed by atoms with E-state index in [1.54, 1.807) is 30.3 Å². The van der Waals surface area contributed by atoms with Crippen LogP contribution in [0, 0.1) is 0 Å². The summed E-state index contributed by atoms with van der Waals surface area (Å²) in [4.78, 5) is 12.6. The molecule has 1 aromatic heterocycles.